The zero-order valence-electron chi connectivity index (χ0n) is 10.6. The van der Waals surface area contributed by atoms with Gasteiger partial charge in [-0.05, 0) is 42.3 Å². The van der Waals surface area contributed by atoms with E-state index in [0.29, 0.717) is 11.5 Å². The molecule has 92 valence electrons. The van der Waals surface area contributed by atoms with Crippen molar-refractivity contribution in [3.63, 3.8) is 0 Å². The maximum atomic E-state index is 3.64. The normalized spacial score (nSPS) is 25.4. The van der Waals surface area contributed by atoms with Crippen LogP contribution in [-0.4, -0.2) is 19.6 Å². The van der Waals surface area contributed by atoms with E-state index in [1.165, 1.54) is 36.9 Å². The van der Waals surface area contributed by atoms with Crippen molar-refractivity contribution in [2.24, 2.45) is 5.41 Å². The first-order chi connectivity index (χ1) is 8.27. The summed E-state index contributed by atoms with van der Waals surface area (Å²) in [5.41, 5.74) is 3.62. The highest BCUT2D eigenvalue weighted by atomic mass is 15.0. The van der Waals surface area contributed by atoms with E-state index >= 15 is 0 Å². The van der Waals surface area contributed by atoms with E-state index in [-0.39, 0.29) is 0 Å². The van der Waals surface area contributed by atoms with Gasteiger partial charge in [0.05, 0.1) is 0 Å². The Bertz CT molecular complexity index is 396. The first kappa shape index (κ1) is 11.2. The Morgan fingerprint density at radius 1 is 1.35 bits per heavy atom. The van der Waals surface area contributed by atoms with E-state index in [4.69, 9.17) is 0 Å². The summed E-state index contributed by atoms with van der Waals surface area (Å²) in [7, 11) is 0. The molecule has 3 rings (SSSR count). The van der Waals surface area contributed by atoms with E-state index in [1.54, 1.807) is 0 Å². The van der Waals surface area contributed by atoms with Crippen molar-refractivity contribution in [1.29, 1.82) is 0 Å². The largest absolute Gasteiger partial charge is 0.314 e. The molecule has 1 saturated carbocycles. The van der Waals surface area contributed by atoms with Crippen molar-refractivity contribution in [3.05, 3.63) is 35.4 Å². The van der Waals surface area contributed by atoms with Crippen LogP contribution in [0.15, 0.2) is 24.3 Å². The molecule has 2 aliphatic rings. The fraction of sp³-hybridized carbons (Fsp3) is 0.600. The maximum absolute atomic E-state index is 3.64. The average Bonchev–Trinajstić information content (AvgIpc) is 3.08. The van der Waals surface area contributed by atoms with Gasteiger partial charge in [-0.15, -0.1) is 0 Å². The summed E-state index contributed by atoms with van der Waals surface area (Å²) in [6.45, 7) is 5.73. The van der Waals surface area contributed by atoms with Crippen LogP contribution in [0.4, 0.5) is 0 Å². The Kier molecular flexibility index (Phi) is 2.93. The Hall–Kier alpha value is -0.860. The molecule has 1 heterocycles. The summed E-state index contributed by atoms with van der Waals surface area (Å²) in [6.07, 6.45) is 3.97. The molecule has 1 unspecified atom stereocenters. The highest BCUT2D eigenvalue weighted by Gasteiger charge is 2.36. The third-order valence-corrected chi connectivity index (χ3v) is 4.22. The predicted octanol–water partition coefficient (Wildman–Crippen LogP) is 2.26. The number of nitrogens with one attached hydrogen (secondary N) is 2. The second-order valence-electron chi connectivity index (χ2n) is 5.90. The van der Waals surface area contributed by atoms with Crippen LogP contribution in [0.2, 0.25) is 0 Å². The van der Waals surface area contributed by atoms with Crippen LogP contribution in [-0.2, 0) is 6.42 Å². The Labute approximate surface area is 104 Å². The van der Waals surface area contributed by atoms with Gasteiger partial charge in [0.25, 0.3) is 0 Å². The average molecular weight is 230 g/mol. The smallest absolute Gasteiger partial charge is 0.0449 e. The van der Waals surface area contributed by atoms with Crippen molar-refractivity contribution in [2.45, 2.75) is 32.2 Å². The summed E-state index contributed by atoms with van der Waals surface area (Å²) >= 11 is 0. The Morgan fingerprint density at radius 2 is 2.18 bits per heavy atom. The molecule has 2 nitrogen and oxygen atoms in total. The van der Waals surface area contributed by atoms with E-state index in [0.717, 1.165) is 13.1 Å². The van der Waals surface area contributed by atoms with Gasteiger partial charge in [-0.1, -0.05) is 31.2 Å². The monoisotopic (exact) mass is 230 g/mol. The maximum Gasteiger partial charge on any atom is 0.0449 e. The number of fused-ring (bicyclic) bond motifs is 1. The lowest BCUT2D eigenvalue weighted by Crippen LogP contribution is -2.38. The van der Waals surface area contributed by atoms with Crippen LogP contribution < -0.4 is 10.6 Å². The van der Waals surface area contributed by atoms with Crippen molar-refractivity contribution in [1.82, 2.24) is 10.6 Å². The SMILES string of the molecule is CC1(CNCC2NCCc3ccccc32)CC1. The van der Waals surface area contributed by atoms with Crippen molar-refractivity contribution in [2.75, 3.05) is 19.6 Å². The molecule has 0 radical (unpaired) electrons. The Balaban J connectivity index is 1.60. The molecular weight excluding hydrogens is 208 g/mol. The molecular formula is C15H22N2. The predicted molar refractivity (Wildman–Crippen MR) is 71.1 cm³/mol. The lowest BCUT2D eigenvalue weighted by atomic mass is 9.94. The standard InChI is InChI=1S/C15H22N2/c1-15(7-8-15)11-16-10-14-13-5-3-2-4-12(13)6-9-17-14/h2-5,14,16-17H,6-11H2,1H3. The molecule has 0 bridgehead atoms. The van der Waals surface area contributed by atoms with Crippen LogP contribution in [0.1, 0.15) is 36.9 Å². The molecule has 0 aromatic heterocycles. The summed E-state index contributed by atoms with van der Waals surface area (Å²) in [5.74, 6) is 0. The first-order valence-electron chi connectivity index (χ1n) is 6.79. The molecule has 1 aliphatic heterocycles. The minimum atomic E-state index is 0.502. The number of hydrogen-bond acceptors (Lipinski definition) is 2. The summed E-state index contributed by atoms with van der Waals surface area (Å²) < 4.78 is 0. The van der Waals surface area contributed by atoms with Crippen molar-refractivity contribution in [3.8, 4) is 0 Å². The summed E-state index contributed by atoms with van der Waals surface area (Å²) in [6, 6.07) is 9.35. The Morgan fingerprint density at radius 3 is 3.00 bits per heavy atom. The van der Waals surface area contributed by atoms with E-state index < -0.39 is 0 Å². The zero-order valence-corrected chi connectivity index (χ0v) is 10.6. The van der Waals surface area contributed by atoms with Crippen LogP contribution in [0.25, 0.3) is 0 Å². The lowest BCUT2D eigenvalue weighted by molar-refractivity contribution is 0.430. The number of rotatable bonds is 4. The fourth-order valence-corrected chi connectivity index (χ4v) is 2.68. The minimum Gasteiger partial charge on any atom is -0.314 e. The molecule has 17 heavy (non-hydrogen) atoms. The van der Waals surface area contributed by atoms with Crippen LogP contribution >= 0.6 is 0 Å². The molecule has 0 saturated heterocycles. The molecule has 0 spiro atoms. The highest BCUT2D eigenvalue weighted by Crippen LogP contribution is 2.44. The van der Waals surface area contributed by atoms with E-state index in [2.05, 4.69) is 41.8 Å². The summed E-state index contributed by atoms with van der Waals surface area (Å²) in [5, 5.41) is 7.26. The first-order valence-corrected chi connectivity index (χ1v) is 6.79. The highest BCUT2D eigenvalue weighted by molar-refractivity contribution is 5.32. The van der Waals surface area contributed by atoms with Gasteiger partial charge >= 0.3 is 0 Å². The van der Waals surface area contributed by atoms with Crippen LogP contribution in [0, 0.1) is 5.41 Å². The minimum absolute atomic E-state index is 0.502. The van der Waals surface area contributed by atoms with Gasteiger partial charge in [0.15, 0.2) is 0 Å². The van der Waals surface area contributed by atoms with Gasteiger partial charge in [-0.2, -0.15) is 0 Å². The van der Waals surface area contributed by atoms with Gasteiger partial charge in [0.1, 0.15) is 0 Å². The molecule has 1 aliphatic carbocycles. The van der Waals surface area contributed by atoms with E-state index in [1.807, 2.05) is 0 Å². The molecule has 1 aromatic rings. The molecule has 2 heteroatoms. The molecule has 1 fully saturated rings. The summed E-state index contributed by atoms with van der Waals surface area (Å²) in [4.78, 5) is 0. The van der Waals surface area contributed by atoms with Gasteiger partial charge in [0.2, 0.25) is 0 Å². The van der Waals surface area contributed by atoms with Crippen LogP contribution in [0.5, 0.6) is 0 Å². The zero-order chi connectivity index (χ0) is 11.7. The van der Waals surface area contributed by atoms with Gasteiger partial charge in [0, 0.05) is 19.1 Å². The third kappa shape index (κ3) is 2.53. The fourth-order valence-electron chi connectivity index (χ4n) is 2.68. The number of hydrogen-bond donors (Lipinski definition) is 2. The van der Waals surface area contributed by atoms with Gasteiger partial charge in [-0.25, -0.2) is 0 Å². The molecule has 0 amide bonds. The van der Waals surface area contributed by atoms with Gasteiger partial charge < -0.3 is 10.6 Å². The second kappa shape index (κ2) is 4.43. The molecule has 1 aromatic carbocycles. The third-order valence-electron chi connectivity index (χ3n) is 4.22. The number of benzene rings is 1. The van der Waals surface area contributed by atoms with Gasteiger partial charge in [-0.3, -0.25) is 0 Å². The van der Waals surface area contributed by atoms with Crippen LogP contribution in [0.3, 0.4) is 0 Å². The van der Waals surface area contributed by atoms with E-state index in [9.17, 15) is 0 Å². The lowest BCUT2D eigenvalue weighted by Gasteiger charge is -2.27. The van der Waals surface area contributed by atoms with Crippen molar-refractivity contribution < 1.29 is 0 Å². The molecule has 1 atom stereocenters. The second-order valence-corrected chi connectivity index (χ2v) is 5.90. The topological polar surface area (TPSA) is 24.1 Å². The molecule has 2 N–H and O–H groups in total. The quantitative estimate of drug-likeness (QED) is 0.829. The van der Waals surface area contributed by atoms with Crippen molar-refractivity contribution >= 4 is 0 Å².